The van der Waals surface area contributed by atoms with Crippen LogP contribution >= 0.6 is 0 Å². The second-order valence-corrected chi connectivity index (χ2v) is 7.95. The van der Waals surface area contributed by atoms with E-state index < -0.39 is 23.4 Å². The van der Waals surface area contributed by atoms with Crippen molar-refractivity contribution in [2.75, 3.05) is 26.9 Å². The molecule has 2 aromatic rings. The number of carbonyl (C=O) groups is 3. The topological polar surface area (TPSA) is 82.1 Å². The van der Waals surface area contributed by atoms with Gasteiger partial charge >= 0.3 is 17.9 Å². The van der Waals surface area contributed by atoms with Gasteiger partial charge in [-0.25, -0.2) is 14.4 Å². The molecule has 0 aromatic heterocycles. The lowest BCUT2D eigenvalue weighted by Gasteiger charge is -2.44. The molecule has 1 heterocycles. The number of methoxy groups -OCH3 is 1. The van der Waals surface area contributed by atoms with Crippen LogP contribution in [-0.2, 0) is 30.3 Å². The molecule has 7 nitrogen and oxygen atoms in total. The smallest absolute Gasteiger partial charge is 0.342 e. The Hall–Kier alpha value is -3.45. The monoisotopic (exact) mass is 465 g/mol. The lowest BCUT2D eigenvalue weighted by atomic mass is 9.79. The average molecular weight is 466 g/mol. The molecule has 0 aliphatic carbocycles. The van der Waals surface area contributed by atoms with Gasteiger partial charge in [0.2, 0.25) is 5.54 Å². The van der Waals surface area contributed by atoms with Crippen LogP contribution in [0.5, 0.6) is 0 Å². The van der Waals surface area contributed by atoms with E-state index in [4.69, 9.17) is 14.2 Å². The van der Waals surface area contributed by atoms with Gasteiger partial charge in [-0.1, -0.05) is 48.5 Å². The van der Waals surface area contributed by atoms with Crippen molar-refractivity contribution < 1.29 is 28.6 Å². The van der Waals surface area contributed by atoms with Crippen molar-refractivity contribution in [2.45, 2.75) is 38.8 Å². The highest BCUT2D eigenvalue weighted by molar-refractivity contribution is 6.10. The maximum atomic E-state index is 13.6. The second kappa shape index (κ2) is 11.6. The summed E-state index contributed by atoms with van der Waals surface area (Å²) in [6.45, 7) is 4.63. The maximum absolute atomic E-state index is 13.6. The van der Waals surface area contributed by atoms with E-state index in [1.165, 1.54) is 7.11 Å². The van der Waals surface area contributed by atoms with Crippen molar-refractivity contribution in [3.8, 4) is 0 Å². The Kier molecular flexibility index (Phi) is 8.60. The summed E-state index contributed by atoms with van der Waals surface area (Å²) in [6.07, 6.45) is 3.12. The van der Waals surface area contributed by atoms with Crippen LogP contribution in [-0.4, -0.2) is 55.2 Å². The third-order valence-electron chi connectivity index (χ3n) is 5.84. The summed E-state index contributed by atoms with van der Waals surface area (Å²) in [5, 5.41) is 0. The number of piperidine rings is 1. The Morgan fingerprint density at radius 3 is 2.12 bits per heavy atom. The molecule has 0 atom stereocenters. The summed E-state index contributed by atoms with van der Waals surface area (Å²) in [6, 6.07) is 16.5. The van der Waals surface area contributed by atoms with E-state index in [0.29, 0.717) is 30.6 Å². The van der Waals surface area contributed by atoms with Gasteiger partial charge in [0.15, 0.2) is 0 Å². The van der Waals surface area contributed by atoms with Crippen molar-refractivity contribution in [1.82, 2.24) is 4.90 Å². The second-order valence-electron chi connectivity index (χ2n) is 7.95. The van der Waals surface area contributed by atoms with E-state index in [1.54, 1.807) is 38.1 Å². The molecular formula is C27H31NO6. The van der Waals surface area contributed by atoms with E-state index >= 15 is 0 Å². The molecule has 7 heteroatoms. The number of carbonyl (C=O) groups excluding carboxylic acids is 3. The zero-order valence-electron chi connectivity index (χ0n) is 19.9. The molecule has 0 saturated carbocycles. The van der Waals surface area contributed by atoms with Gasteiger partial charge in [0.1, 0.15) is 0 Å². The predicted molar refractivity (Wildman–Crippen MR) is 128 cm³/mol. The number of hydrogen-bond acceptors (Lipinski definition) is 7. The van der Waals surface area contributed by atoms with Crippen molar-refractivity contribution in [3.05, 3.63) is 76.9 Å². The number of esters is 3. The molecule has 180 valence electrons. The molecule has 2 aromatic carbocycles. The number of rotatable bonds is 8. The van der Waals surface area contributed by atoms with Crippen LogP contribution < -0.4 is 0 Å². The highest BCUT2D eigenvalue weighted by atomic mass is 16.6. The number of likely N-dealkylation sites (tertiary alicyclic amines) is 1. The molecule has 0 amide bonds. The largest absolute Gasteiger partial charge is 0.465 e. The summed E-state index contributed by atoms with van der Waals surface area (Å²) < 4.78 is 15.7. The Morgan fingerprint density at radius 1 is 0.941 bits per heavy atom. The van der Waals surface area contributed by atoms with Gasteiger partial charge in [0.05, 0.1) is 25.9 Å². The molecule has 0 radical (unpaired) electrons. The van der Waals surface area contributed by atoms with Crippen molar-refractivity contribution in [1.29, 1.82) is 0 Å². The predicted octanol–water partition coefficient (Wildman–Crippen LogP) is 4.02. The lowest BCUT2D eigenvalue weighted by molar-refractivity contribution is -0.173. The van der Waals surface area contributed by atoms with Crippen LogP contribution in [0.2, 0.25) is 0 Å². The summed E-state index contributed by atoms with van der Waals surface area (Å²) in [4.78, 5) is 40.8. The molecule has 1 fully saturated rings. The summed E-state index contributed by atoms with van der Waals surface area (Å²) in [5.41, 5.74) is 1.06. The number of hydrogen-bond donors (Lipinski definition) is 0. The third kappa shape index (κ3) is 5.20. The number of benzene rings is 2. The quantitative estimate of drug-likeness (QED) is 0.331. The van der Waals surface area contributed by atoms with Gasteiger partial charge < -0.3 is 14.2 Å². The van der Waals surface area contributed by atoms with Gasteiger partial charge in [0.25, 0.3) is 0 Å². The first-order valence-corrected chi connectivity index (χ1v) is 11.5. The van der Waals surface area contributed by atoms with E-state index in [2.05, 4.69) is 0 Å². The Labute approximate surface area is 200 Å². The minimum Gasteiger partial charge on any atom is -0.465 e. The molecule has 1 saturated heterocycles. The standard InChI is InChI=1S/C27H31NO6/c1-4-33-25(30)27(26(31)34-5-2)23(18-20-13-15-22(16-14-20)24(29)32-3)12-9-17-28(27)19-21-10-7-6-8-11-21/h6-8,10-11,13-16,18H,4-5,9,12,17,19H2,1-3H3/b23-18-. The SMILES string of the molecule is CCOC(=O)C1(C(=O)OCC)/C(=C\c2ccc(C(=O)OC)cc2)CCCN1Cc1ccccc1. The van der Waals surface area contributed by atoms with Crippen LogP contribution in [0.15, 0.2) is 60.2 Å². The van der Waals surface area contributed by atoms with Gasteiger partial charge in [-0.3, -0.25) is 4.90 Å². The fourth-order valence-corrected chi connectivity index (χ4v) is 4.30. The average Bonchev–Trinajstić information content (AvgIpc) is 2.85. The summed E-state index contributed by atoms with van der Waals surface area (Å²) >= 11 is 0. The fourth-order valence-electron chi connectivity index (χ4n) is 4.30. The molecule has 1 aliphatic rings. The first kappa shape index (κ1) is 25.2. The maximum Gasteiger partial charge on any atom is 0.342 e. The van der Waals surface area contributed by atoms with E-state index in [9.17, 15) is 14.4 Å². The molecular weight excluding hydrogens is 434 g/mol. The van der Waals surface area contributed by atoms with Crippen LogP contribution in [0, 0.1) is 0 Å². The molecule has 1 aliphatic heterocycles. The molecule has 0 N–H and O–H groups in total. The van der Waals surface area contributed by atoms with Gasteiger partial charge in [-0.2, -0.15) is 0 Å². The zero-order valence-corrected chi connectivity index (χ0v) is 19.9. The first-order chi connectivity index (χ1) is 16.5. The van der Waals surface area contributed by atoms with Crippen molar-refractivity contribution >= 4 is 24.0 Å². The normalized spacial score (nSPS) is 16.6. The molecule has 0 spiro atoms. The Bertz CT molecular complexity index is 1010. The van der Waals surface area contributed by atoms with E-state index in [-0.39, 0.29) is 13.2 Å². The zero-order chi connectivity index (χ0) is 24.6. The lowest BCUT2D eigenvalue weighted by Crippen LogP contribution is -2.64. The van der Waals surface area contributed by atoms with Gasteiger partial charge in [-0.15, -0.1) is 0 Å². The van der Waals surface area contributed by atoms with Crippen LogP contribution in [0.4, 0.5) is 0 Å². The van der Waals surface area contributed by atoms with Crippen LogP contribution in [0.3, 0.4) is 0 Å². The Balaban J connectivity index is 2.12. The van der Waals surface area contributed by atoms with Crippen molar-refractivity contribution in [3.63, 3.8) is 0 Å². The molecule has 34 heavy (non-hydrogen) atoms. The highest BCUT2D eigenvalue weighted by Crippen LogP contribution is 2.38. The van der Waals surface area contributed by atoms with Gasteiger partial charge in [-0.05, 0) is 55.5 Å². The summed E-state index contributed by atoms with van der Waals surface area (Å²) in [5.74, 6) is -1.71. The van der Waals surface area contributed by atoms with E-state index in [0.717, 1.165) is 17.5 Å². The molecule has 3 rings (SSSR count). The van der Waals surface area contributed by atoms with Crippen molar-refractivity contribution in [2.24, 2.45) is 0 Å². The molecule has 0 unspecified atom stereocenters. The number of nitrogens with zero attached hydrogens (tertiary/aromatic N) is 1. The summed E-state index contributed by atoms with van der Waals surface area (Å²) in [7, 11) is 1.33. The van der Waals surface area contributed by atoms with Crippen LogP contribution in [0.25, 0.3) is 6.08 Å². The third-order valence-corrected chi connectivity index (χ3v) is 5.84. The minimum atomic E-state index is -1.69. The van der Waals surface area contributed by atoms with Gasteiger partial charge in [0, 0.05) is 13.1 Å². The number of ether oxygens (including phenoxy) is 3. The minimum absolute atomic E-state index is 0.139. The Morgan fingerprint density at radius 2 is 1.56 bits per heavy atom. The molecule has 0 bridgehead atoms. The highest BCUT2D eigenvalue weighted by Gasteiger charge is 2.57. The first-order valence-electron chi connectivity index (χ1n) is 11.5. The van der Waals surface area contributed by atoms with E-state index in [1.807, 2.05) is 41.3 Å². The van der Waals surface area contributed by atoms with Crippen LogP contribution in [0.1, 0.15) is 48.2 Å². The fraction of sp³-hybridized carbons (Fsp3) is 0.370.